The van der Waals surface area contributed by atoms with Gasteiger partial charge in [0.05, 0.1) is 11.9 Å². The van der Waals surface area contributed by atoms with E-state index in [1.165, 1.54) is 0 Å². The van der Waals surface area contributed by atoms with E-state index in [0.717, 1.165) is 5.69 Å². The Labute approximate surface area is 88.2 Å². The van der Waals surface area contributed by atoms with Crippen LogP contribution in [0.5, 0.6) is 0 Å². The second kappa shape index (κ2) is 3.06. The minimum Gasteiger partial charge on any atom is -0.236 e. The van der Waals surface area contributed by atoms with Gasteiger partial charge in [-0.2, -0.15) is 10.4 Å². The molecule has 2 aromatic heterocycles. The van der Waals surface area contributed by atoms with E-state index in [0.29, 0.717) is 11.2 Å². The zero-order chi connectivity index (χ0) is 11.1. The Balaban J connectivity index is 2.80. The third-order valence-corrected chi connectivity index (χ3v) is 2.29. The Kier molecular flexibility index (Phi) is 1.97. The molecule has 0 atom stereocenters. The molecular formula is C11H12N4. The summed E-state index contributed by atoms with van der Waals surface area (Å²) in [6, 6.07) is 4.01. The molecule has 0 aliphatic carbocycles. The number of aromatic nitrogens is 3. The molecule has 0 aliphatic heterocycles. The van der Waals surface area contributed by atoms with Crippen LogP contribution in [0.25, 0.3) is 5.65 Å². The Hall–Kier alpha value is -1.89. The number of rotatable bonds is 0. The molecule has 2 aromatic rings. The van der Waals surface area contributed by atoms with E-state index in [2.05, 4.69) is 36.9 Å². The van der Waals surface area contributed by atoms with Crippen LogP contribution < -0.4 is 0 Å². The summed E-state index contributed by atoms with van der Waals surface area (Å²) < 4.78 is 1.73. The quantitative estimate of drug-likeness (QED) is 0.652. The highest BCUT2D eigenvalue weighted by Gasteiger charge is 2.19. The minimum absolute atomic E-state index is 0.0140. The molecule has 0 unspecified atom stereocenters. The van der Waals surface area contributed by atoms with E-state index in [1.54, 1.807) is 16.9 Å². The summed E-state index contributed by atoms with van der Waals surface area (Å²) in [6.07, 6.45) is 3.27. The summed E-state index contributed by atoms with van der Waals surface area (Å²) in [6.45, 7) is 6.32. The lowest BCUT2D eigenvalue weighted by Crippen LogP contribution is -2.17. The molecule has 0 N–H and O–H groups in total. The zero-order valence-electron chi connectivity index (χ0n) is 9.02. The first-order valence-corrected chi connectivity index (χ1v) is 4.77. The maximum absolute atomic E-state index is 8.87. The lowest BCUT2D eigenvalue weighted by atomic mass is 9.92. The third kappa shape index (κ3) is 1.46. The highest BCUT2D eigenvalue weighted by Crippen LogP contribution is 2.22. The van der Waals surface area contributed by atoms with Crippen LogP contribution in [0.4, 0.5) is 0 Å². The van der Waals surface area contributed by atoms with Crippen molar-refractivity contribution in [3.63, 3.8) is 0 Å². The van der Waals surface area contributed by atoms with Crippen molar-refractivity contribution in [2.75, 3.05) is 0 Å². The van der Waals surface area contributed by atoms with Crippen LogP contribution in [0.2, 0.25) is 0 Å². The van der Waals surface area contributed by atoms with E-state index in [-0.39, 0.29) is 5.41 Å². The molecule has 0 spiro atoms. The van der Waals surface area contributed by atoms with Gasteiger partial charge in [0, 0.05) is 11.6 Å². The summed E-state index contributed by atoms with van der Waals surface area (Å²) in [5, 5.41) is 13.1. The third-order valence-electron chi connectivity index (χ3n) is 2.29. The van der Waals surface area contributed by atoms with Crippen molar-refractivity contribution in [3.05, 3.63) is 29.7 Å². The monoisotopic (exact) mass is 200 g/mol. The number of fused-ring (bicyclic) bond motifs is 1. The second-order valence-electron chi connectivity index (χ2n) is 4.49. The molecule has 0 bridgehead atoms. The van der Waals surface area contributed by atoms with E-state index < -0.39 is 0 Å². The van der Waals surface area contributed by atoms with Gasteiger partial charge in [-0.15, -0.1) is 0 Å². The number of hydrogen-bond donors (Lipinski definition) is 0. The summed E-state index contributed by atoms with van der Waals surface area (Å²) >= 11 is 0. The zero-order valence-corrected chi connectivity index (χ0v) is 9.02. The van der Waals surface area contributed by atoms with E-state index in [4.69, 9.17) is 5.26 Å². The normalized spacial score (nSPS) is 11.6. The molecule has 0 aliphatic rings. The molecular weight excluding hydrogens is 188 g/mol. The predicted molar refractivity (Wildman–Crippen MR) is 56.4 cm³/mol. The number of hydrogen-bond acceptors (Lipinski definition) is 3. The van der Waals surface area contributed by atoms with Crippen molar-refractivity contribution in [3.8, 4) is 6.07 Å². The van der Waals surface area contributed by atoms with Crippen molar-refractivity contribution in [2.45, 2.75) is 26.2 Å². The molecule has 0 radical (unpaired) electrons. The van der Waals surface area contributed by atoms with Crippen LogP contribution in [-0.4, -0.2) is 14.6 Å². The fraction of sp³-hybridized carbons (Fsp3) is 0.364. The van der Waals surface area contributed by atoms with Crippen LogP contribution in [-0.2, 0) is 5.41 Å². The van der Waals surface area contributed by atoms with E-state index in [9.17, 15) is 0 Å². The van der Waals surface area contributed by atoms with Gasteiger partial charge in [-0.1, -0.05) is 20.8 Å². The first-order valence-electron chi connectivity index (χ1n) is 4.77. The highest BCUT2D eigenvalue weighted by atomic mass is 15.3. The molecule has 2 heterocycles. The number of nitrogens with zero attached hydrogens (tertiary/aromatic N) is 4. The fourth-order valence-electron chi connectivity index (χ4n) is 1.54. The Bertz CT molecular complexity index is 540. The molecule has 0 saturated heterocycles. The summed E-state index contributed by atoms with van der Waals surface area (Å²) in [7, 11) is 0. The molecule has 0 amide bonds. The first kappa shape index (κ1) is 9.66. The van der Waals surface area contributed by atoms with Crippen LogP contribution >= 0.6 is 0 Å². The maximum Gasteiger partial charge on any atom is 0.173 e. The van der Waals surface area contributed by atoms with Crippen LogP contribution in [0, 0.1) is 11.3 Å². The first-order chi connectivity index (χ1) is 7.04. The molecule has 4 heteroatoms. The van der Waals surface area contributed by atoms with Gasteiger partial charge >= 0.3 is 0 Å². The average Bonchev–Trinajstić information content (AvgIpc) is 2.58. The van der Waals surface area contributed by atoms with Gasteiger partial charge in [0.1, 0.15) is 11.6 Å². The lowest BCUT2D eigenvalue weighted by molar-refractivity contribution is 0.546. The fourth-order valence-corrected chi connectivity index (χ4v) is 1.54. The van der Waals surface area contributed by atoms with Gasteiger partial charge in [-0.05, 0) is 6.07 Å². The topological polar surface area (TPSA) is 54.0 Å². The molecule has 0 fully saturated rings. The summed E-state index contributed by atoms with van der Waals surface area (Å²) in [5.74, 6) is 0. The van der Waals surface area contributed by atoms with Crippen molar-refractivity contribution in [1.29, 1.82) is 5.26 Å². The molecule has 0 aromatic carbocycles. The van der Waals surface area contributed by atoms with E-state index >= 15 is 0 Å². The maximum atomic E-state index is 8.87. The minimum atomic E-state index is -0.0140. The average molecular weight is 200 g/mol. The van der Waals surface area contributed by atoms with Gasteiger partial charge in [-0.3, -0.25) is 0 Å². The van der Waals surface area contributed by atoms with E-state index in [1.807, 2.05) is 6.07 Å². The van der Waals surface area contributed by atoms with Gasteiger partial charge < -0.3 is 0 Å². The Morgan fingerprint density at radius 2 is 2.13 bits per heavy atom. The SMILES string of the molecule is CC(C)(C)c1ccnc2c(C#N)cnn12. The van der Waals surface area contributed by atoms with Gasteiger partial charge in [-0.25, -0.2) is 9.50 Å². The largest absolute Gasteiger partial charge is 0.236 e. The second-order valence-corrected chi connectivity index (χ2v) is 4.49. The predicted octanol–water partition coefficient (Wildman–Crippen LogP) is 1.90. The van der Waals surface area contributed by atoms with Gasteiger partial charge in [0.2, 0.25) is 0 Å². The van der Waals surface area contributed by atoms with Crippen molar-refractivity contribution in [1.82, 2.24) is 14.6 Å². The van der Waals surface area contributed by atoms with Crippen molar-refractivity contribution >= 4 is 5.65 Å². The van der Waals surface area contributed by atoms with Crippen molar-refractivity contribution < 1.29 is 0 Å². The standard InChI is InChI=1S/C11H12N4/c1-11(2,3)9-4-5-13-10-8(6-12)7-14-15(9)10/h4-5,7H,1-3H3. The van der Waals surface area contributed by atoms with Crippen molar-refractivity contribution in [2.24, 2.45) is 0 Å². The van der Waals surface area contributed by atoms with Crippen LogP contribution in [0.15, 0.2) is 18.5 Å². The molecule has 0 saturated carbocycles. The molecule has 4 nitrogen and oxygen atoms in total. The van der Waals surface area contributed by atoms with Crippen LogP contribution in [0.3, 0.4) is 0 Å². The Morgan fingerprint density at radius 3 is 2.73 bits per heavy atom. The number of nitriles is 1. The smallest absolute Gasteiger partial charge is 0.173 e. The van der Waals surface area contributed by atoms with Gasteiger partial charge in [0.25, 0.3) is 0 Å². The highest BCUT2D eigenvalue weighted by molar-refractivity contribution is 5.54. The Morgan fingerprint density at radius 1 is 1.40 bits per heavy atom. The van der Waals surface area contributed by atoms with Crippen LogP contribution in [0.1, 0.15) is 32.0 Å². The summed E-state index contributed by atoms with van der Waals surface area (Å²) in [4.78, 5) is 4.16. The molecule has 15 heavy (non-hydrogen) atoms. The molecule has 2 rings (SSSR count). The summed E-state index contributed by atoms with van der Waals surface area (Å²) in [5.41, 5.74) is 2.18. The van der Waals surface area contributed by atoms with Gasteiger partial charge in [0.15, 0.2) is 5.65 Å². The molecule has 76 valence electrons. The lowest BCUT2D eigenvalue weighted by Gasteiger charge is -2.19.